The number of para-hydroxylation sites is 2. The Bertz CT molecular complexity index is 1250. The highest BCUT2D eigenvalue weighted by Crippen LogP contribution is 2.33. The number of hydrogen-bond donors (Lipinski definition) is 1. The van der Waals surface area contributed by atoms with E-state index in [2.05, 4.69) is 75.0 Å². The molecule has 198 valence electrons. The molecule has 0 fully saturated rings. The predicted molar refractivity (Wildman–Crippen MR) is 153 cm³/mol. The fraction of sp³-hybridized carbons (Fsp3) is 0.500. The quantitative estimate of drug-likeness (QED) is 0.205. The first-order chi connectivity index (χ1) is 17.6. The summed E-state index contributed by atoms with van der Waals surface area (Å²) in [5.41, 5.74) is 5.57. The van der Waals surface area contributed by atoms with Gasteiger partial charge in [0, 0.05) is 17.9 Å². The molecule has 1 aliphatic heterocycles. The summed E-state index contributed by atoms with van der Waals surface area (Å²) in [6.45, 7) is 13.3. The van der Waals surface area contributed by atoms with Crippen LogP contribution in [0.25, 0.3) is 11.1 Å². The highest BCUT2D eigenvalue weighted by molar-refractivity contribution is 7.99. The lowest BCUT2D eigenvalue weighted by Gasteiger charge is -2.20. The number of nitrogens with one attached hydrogen (secondary N) is 1. The molecular weight excluding hydrogens is 482 g/mol. The third-order valence-corrected chi connectivity index (χ3v) is 7.42. The normalized spacial score (nSPS) is 14.9. The lowest BCUT2D eigenvalue weighted by atomic mass is 9.92. The number of thioether (sulfide) groups is 1. The van der Waals surface area contributed by atoms with Crippen LogP contribution in [0.15, 0.2) is 51.0 Å². The molecule has 0 saturated heterocycles. The Labute approximate surface area is 224 Å². The molecular formula is C30H39N3O3S. The second-order valence-corrected chi connectivity index (χ2v) is 12.0. The monoisotopic (exact) mass is 521 g/mol. The average molecular weight is 522 g/mol. The highest BCUT2D eigenvalue weighted by Gasteiger charge is 2.29. The van der Waals surface area contributed by atoms with Gasteiger partial charge in [0.1, 0.15) is 12.1 Å². The van der Waals surface area contributed by atoms with Crippen molar-refractivity contribution in [3.63, 3.8) is 0 Å². The van der Waals surface area contributed by atoms with Crippen LogP contribution >= 0.6 is 11.8 Å². The standard InChI is InChI=1S/C30H39N3O3S/c1-19(2)21-12-10-13-22(20(3)4)26(21)32-25(34)16-8-7-9-17-37-29-31-24-15-11-14-23(27(24)36-29)28-33-30(5,6)18-35-28/h10-15,19-20H,7-9,16-18H2,1-6H3,(H,32,34). The Morgan fingerprint density at radius 3 is 2.38 bits per heavy atom. The number of oxazole rings is 1. The van der Waals surface area contributed by atoms with Crippen LogP contribution in [-0.2, 0) is 9.53 Å². The van der Waals surface area contributed by atoms with Crippen molar-refractivity contribution < 1.29 is 13.9 Å². The van der Waals surface area contributed by atoms with E-state index in [9.17, 15) is 4.79 Å². The number of fused-ring (bicyclic) bond motifs is 1. The smallest absolute Gasteiger partial charge is 0.256 e. The van der Waals surface area contributed by atoms with Crippen LogP contribution in [0.4, 0.5) is 5.69 Å². The third-order valence-electron chi connectivity index (χ3n) is 6.50. The Morgan fingerprint density at radius 1 is 1.03 bits per heavy atom. The van der Waals surface area contributed by atoms with Crippen molar-refractivity contribution in [2.24, 2.45) is 4.99 Å². The van der Waals surface area contributed by atoms with Gasteiger partial charge in [0.15, 0.2) is 5.58 Å². The van der Waals surface area contributed by atoms with E-state index in [0.717, 1.165) is 47.4 Å². The van der Waals surface area contributed by atoms with E-state index in [1.807, 2.05) is 18.2 Å². The van der Waals surface area contributed by atoms with Crippen LogP contribution in [0, 0.1) is 0 Å². The van der Waals surface area contributed by atoms with Crippen molar-refractivity contribution in [3.8, 4) is 0 Å². The number of nitrogens with zero attached hydrogens (tertiary/aromatic N) is 2. The van der Waals surface area contributed by atoms with Crippen molar-refractivity contribution in [1.82, 2.24) is 4.98 Å². The molecule has 1 N–H and O–H groups in total. The Hall–Kier alpha value is -2.80. The lowest BCUT2D eigenvalue weighted by Crippen LogP contribution is -2.17. The molecule has 1 amide bonds. The van der Waals surface area contributed by atoms with E-state index in [1.54, 1.807) is 11.8 Å². The minimum absolute atomic E-state index is 0.0920. The van der Waals surface area contributed by atoms with Crippen LogP contribution < -0.4 is 5.32 Å². The Morgan fingerprint density at radius 2 is 1.73 bits per heavy atom. The molecule has 0 radical (unpaired) electrons. The molecule has 1 aromatic heterocycles. The molecule has 0 spiro atoms. The number of benzene rings is 2. The van der Waals surface area contributed by atoms with E-state index in [4.69, 9.17) is 9.15 Å². The minimum atomic E-state index is -0.222. The van der Waals surface area contributed by atoms with Gasteiger partial charge in [-0.3, -0.25) is 4.79 Å². The average Bonchev–Trinajstić information content (AvgIpc) is 3.43. The van der Waals surface area contributed by atoms with E-state index in [1.165, 1.54) is 11.1 Å². The molecule has 2 aromatic carbocycles. The number of aromatic nitrogens is 1. The van der Waals surface area contributed by atoms with Crippen molar-refractivity contribution in [2.45, 2.75) is 89.8 Å². The van der Waals surface area contributed by atoms with Gasteiger partial charge in [-0.25, -0.2) is 9.98 Å². The van der Waals surface area contributed by atoms with Gasteiger partial charge in [-0.15, -0.1) is 0 Å². The maximum absolute atomic E-state index is 12.7. The summed E-state index contributed by atoms with van der Waals surface area (Å²) in [5.74, 6) is 2.33. The van der Waals surface area contributed by atoms with Gasteiger partial charge < -0.3 is 14.5 Å². The second kappa shape index (κ2) is 11.7. The summed E-state index contributed by atoms with van der Waals surface area (Å²) in [4.78, 5) is 22.1. The van der Waals surface area contributed by atoms with E-state index >= 15 is 0 Å². The van der Waals surface area contributed by atoms with E-state index < -0.39 is 0 Å². The molecule has 2 heterocycles. The van der Waals surface area contributed by atoms with E-state index in [0.29, 0.717) is 36.0 Å². The van der Waals surface area contributed by atoms with Crippen LogP contribution in [0.2, 0.25) is 0 Å². The van der Waals surface area contributed by atoms with Crippen LogP contribution in [0.3, 0.4) is 0 Å². The summed E-state index contributed by atoms with van der Waals surface area (Å²) >= 11 is 1.61. The molecule has 37 heavy (non-hydrogen) atoms. The number of hydrogen-bond acceptors (Lipinski definition) is 6. The fourth-order valence-electron chi connectivity index (χ4n) is 4.50. The van der Waals surface area contributed by atoms with Gasteiger partial charge in [0.25, 0.3) is 5.22 Å². The number of rotatable bonds is 11. The fourth-order valence-corrected chi connectivity index (χ4v) is 5.33. The number of carbonyl (C=O) groups excluding carboxylic acids is 1. The number of carbonyl (C=O) groups is 1. The largest absolute Gasteiger partial charge is 0.475 e. The molecule has 1 aliphatic rings. The highest BCUT2D eigenvalue weighted by atomic mass is 32.2. The summed E-state index contributed by atoms with van der Waals surface area (Å²) in [6.07, 6.45) is 3.36. The Kier molecular flexibility index (Phi) is 8.63. The summed E-state index contributed by atoms with van der Waals surface area (Å²) < 4.78 is 11.9. The van der Waals surface area contributed by atoms with Crippen molar-refractivity contribution in [3.05, 3.63) is 53.1 Å². The van der Waals surface area contributed by atoms with Gasteiger partial charge in [-0.1, -0.05) is 70.1 Å². The van der Waals surface area contributed by atoms with Crippen LogP contribution in [0.5, 0.6) is 0 Å². The van der Waals surface area contributed by atoms with Gasteiger partial charge in [-0.2, -0.15) is 0 Å². The SMILES string of the molecule is CC(C)c1cccc(C(C)C)c1NC(=O)CCCCCSc1nc2cccc(C3=NC(C)(C)CO3)c2o1. The van der Waals surface area contributed by atoms with Crippen molar-refractivity contribution in [2.75, 3.05) is 17.7 Å². The second-order valence-electron chi connectivity index (χ2n) is 11.0. The maximum atomic E-state index is 12.7. The van der Waals surface area contributed by atoms with Crippen molar-refractivity contribution >= 4 is 40.4 Å². The zero-order valence-electron chi connectivity index (χ0n) is 22.9. The molecule has 0 aliphatic carbocycles. The molecule has 4 rings (SSSR count). The molecule has 0 unspecified atom stereocenters. The van der Waals surface area contributed by atoms with Gasteiger partial charge in [0.2, 0.25) is 11.8 Å². The van der Waals surface area contributed by atoms with Gasteiger partial charge in [-0.05, 0) is 61.8 Å². The number of anilines is 1. The number of aliphatic imine (C=N–C) groups is 1. The van der Waals surface area contributed by atoms with E-state index in [-0.39, 0.29) is 11.4 Å². The first-order valence-corrected chi connectivity index (χ1v) is 14.3. The zero-order chi connectivity index (χ0) is 26.6. The first kappa shape index (κ1) is 27.2. The molecule has 3 aromatic rings. The molecule has 0 saturated carbocycles. The maximum Gasteiger partial charge on any atom is 0.256 e. The molecule has 6 nitrogen and oxygen atoms in total. The zero-order valence-corrected chi connectivity index (χ0v) is 23.7. The van der Waals surface area contributed by atoms with Gasteiger partial charge in [0.05, 0.1) is 11.1 Å². The van der Waals surface area contributed by atoms with Crippen LogP contribution in [0.1, 0.15) is 95.8 Å². The summed E-state index contributed by atoms with van der Waals surface area (Å²) in [6, 6.07) is 12.2. The minimum Gasteiger partial charge on any atom is -0.475 e. The van der Waals surface area contributed by atoms with Gasteiger partial charge >= 0.3 is 0 Å². The summed E-state index contributed by atoms with van der Waals surface area (Å²) in [7, 11) is 0. The number of unbranched alkanes of at least 4 members (excludes halogenated alkanes) is 2. The van der Waals surface area contributed by atoms with Crippen molar-refractivity contribution in [1.29, 1.82) is 0 Å². The topological polar surface area (TPSA) is 76.7 Å². The summed E-state index contributed by atoms with van der Waals surface area (Å²) in [5, 5.41) is 3.87. The first-order valence-electron chi connectivity index (χ1n) is 13.3. The number of ether oxygens (including phenoxy) is 1. The number of amides is 1. The third kappa shape index (κ3) is 6.75. The predicted octanol–water partition coefficient (Wildman–Crippen LogP) is 7.92. The molecule has 7 heteroatoms. The Balaban J connectivity index is 1.26. The lowest BCUT2D eigenvalue weighted by molar-refractivity contribution is -0.116. The van der Waals surface area contributed by atoms with Crippen LogP contribution in [-0.4, -0.2) is 34.7 Å². The molecule has 0 atom stereocenters. The molecule has 0 bridgehead atoms.